The maximum absolute atomic E-state index is 11.2. The predicted molar refractivity (Wildman–Crippen MR) is 218 cm³/mol. The molecule has 11 rings (SSSR count). The molecule has 0 fully saturated rings. The summed E-state index contributed by atoms with van der Waals surface area (Å²) in [6, 6.07) is 33.3. The zero-order valence-corrected chi connectivity index (χ0v) is 30.1. The Balaban J connectivity index is 1.15. The summed E-state index contributed by atoms with van der Waals surface area (Å²) < 4.78 is 13.7. The largest absolute Gasteiger partial charge is 0.504 e. The van der Waals surface area contributed by atoms with Gasteiger partial charge in [0.2, 0.25) is 23.0 Å². The number of aromatic nitrogens is 4. The number of para-hydroxylation sites is 2. The first kappa shape index (κ1) is 33.7. The van der Waals surface area contributed by atoms with E-state index in [-0.39, 0.29) is 16.7 Å². The molecule has 0 atom stereocenters. The van der Waals surface area contributed by atoms with Crippen LogP contribution in [-0.4, -0.2) is 60.4 Å². The van der Waals surface area contributed by atoms with Crippen LogP contribution in [0.25, 0.3) is 106 Å². The molecule has 0 amide bonds. The number of furan rings is 2. The number of phenols is 8. The van der Waals surface area contributed by atoms with Gasteiger partial charge in [-0.3, -0.25) is 0 Å². The van der Waals surface area contributed by atoms with Crippen LogP contribution < -0.4 is 0 Å². The van der Waals surface area contributed by atoms with Crippen LogP contribution in [0.3, 0.4) is 0 Å². The average Bonchev–Trinajstić information content (AvgIpc) is 3.96. The fourth-order valence-electron chi connectivity index (χ4n) is 7.96. The topological polar surface area (TPSA) is 232 Å². The van der Waals surface area contributed by atoms with Crippen molar-refractivity contribution < 1.29 is 49.7 Å². The fraction of sp³-hybridized carbons (Fsp3) is 0. The summed E-state index contributed by atoms with van der Waals surface area (Å²) in [7, 11) is 0. The Morgan fingerprint density at radius 2 is 0.932 bits per heavy atom. The van der Waals surface area contributed by atoms with Gasteiger partial charge in [0.05, 0.1) is 16.3 Å². The van der Waals surface area contributed by atoms with Crippen LogP contribution in [0.5, 0.6) is 46.0 Å². The molecule has 0 aliphatic heterocycles. The summed E-state index contributed by atoms with van der Waals surface area (Å²) in [5.74, 6) is -7.04. The van der Waals surface area contributed by atoms with Crippen molar-refractivity contribution in [2.24, 2.45) is 0 Å². The lowest BCUT2D eigenvalue weighted by molar-refractivity contribution is 0.350. The summed E-state index contributed by atoms with van der Waals surface area (Å²) in [4.78, 5) is 14.8. The number of nitrogens with zero attached hydrogens (tertiary/aromatic N) is 4. The van der Waals surface area contributed by atoms with E-state index in [0.29, 0.717) is 56.1 Å². The molecule has 0 aliphatic carbocycles. The van der Waals surface area contributed by atoms with Gasteiger partial charge in [-0.2, -0.15) is 0 Å². The molecule has 59 heavy (non-hydrogen) atoms. The van der Waals surface area contributed by atoms with Gasteiger partial charge in [-0.05, 0) is 48.5 Å². The molecular weight excluding hydrogens is 757 g/mol. The summed E-state index contributed by atoms with van der Waals surface area (Å²) in [6.07, 6.45) is 0. The Morgan fingerprint density at radius 3 is 1.63 bits per heavy atom. The first-order valence-corrected chi connectivity index (χ1v) is 18.1. The highest BCUT2D eigenvalue weighted by molar-refractivity contribution is 6.21. The lowest BCUT2D eigenvalue weighted by atomic mass is 10.1. The van der Waals surface area contributed by atoms with E-state index in [2.05, 4.69) is 0 Å². The van der Waals surface area contributed by atoms with Crippen molar-refractivity contribution in [3.63, 3.8) is 0 Å². The Kier molecular flexibility index (Phi) is 6.81. The van der Waals surface area contributed by atoms with E-state index < -0.39 is 56.8 Å². The van der Waals surface area contributed by atoms with Crippen molar-refractivity contribution >= 4 is 65.7 Å². The third-order valence-electron chi connectivity index (χ3n) is 10.7. The van der Waals surface area contributed by atoms with Crippen LogP contribution >= 0.6 is 0 Å². The van der Waals surface area contributed by atoms with Crippen molar-refractivity contribution in [2.75, 3.05) is 0 Å². The number of hydrogen-bond donors (Lipinski definition) is 8. The molecule has 4 heterocycles. The molecule has 7 aromatic carbocycles. The molecule has 8 N–H and O–H groups in total. The number of phenolic OH excluding ortho intramolecular Hbond substituents is 8. The summed E-state index contributed by atoms with van der Waals surface area (Å²) in [6.45, 7) is 0. The lowest BCUT2D eigenvalue weighted by Gasteiger charge is -2.12. The van der Waals surface area contributed by atoms with Gasteiger partial charge in [-0.25, -0.2) is 15.0 Å². The fourth-order valence-corrected chi connectivity index (χ4v) is 7.96. The molecular formula is C45H26N4O10. The molecule has 4 aromatic heterocycles. The monoisotopic (exact) mass is 782 g/mol. The van der Waals surface area contributed by atoms with Gasteiger partial charge in [-0.1, -0.05) is 60.7 Å². The van der Waals surface area contributed by atoms with Crippen molar-refractivity contribution in [2.45, 2.75) is 0 Å². The number of hydrogen-bond acceptors (Lipinski definition) is 13. The highest BCUT2D eigenvalue weighted by Gasteiger charge is 2.32. The van der Waals surface area contributed by atoms with Crippen LogP contribution in [-0.2, 0) is 0 Å². The number of aromatic hydroxyl groups is 8. The minimum Gasteiger partial charge on any atom is -0.504 e. The Bertz CT molecular complexity index is 3530. The summed E-state index contributed by atoms with van der Waals surface area (Å²) in [5.41, 5.74) is 3.75. The third-order valence-corrected chi connectivity index (χ3v) is 10.7. The van der Waals surface area contributed by atoms with E-state index in [1.54, 1.807) is 18.2 Å². The molecule has 14 heteroatoms. The second kappa shape index (κ2) is 11.9. The van der Waals surface area contributed by atoms with Gasteiger partial charge in [0.1, 0.15) is 33.4 Å². The van der Waals surface area contributed by atoms with E-state index >= 15 is 0 Å². The van der Waals surface area contributed by atoms with Gasteiger partial charge in [-0.15, -0.1) is 0 Å². The normalized spacial score (nSPS) is 11.9. The van der Waals surface area contributed by atoms with E-state index in [1.165, 1.54) is 6.07 Å². The van der Waals surface area contributed by atoms with Crippen LogP contribution in [0, 0.1) is 0 Å². The van der Waals surface area contributed by atoms with Crippen LogP contribution in [0.1, 0.15) is 0 Å². The van der Waals surface area contributed by atoms with Gasteiger partial charge >= 0.3 is 0 Å². The van der Waals surface area contributed by atoms with Gasteiger partial charge < -0.3 is 54.3 Å². The standard InChI is InChI=1S/C45H26N4O10/c50-34-30-31-33(37(53)41(57)39(55)35(31)51)49(32(30)36(52)40(56)38(34)54)21-14-16-29-26(18-21)25-17-20(13-15-28(25)58-29)44-46-43(19-7-2-1-3-8-19)47-45(48-44)24-11-6-10-23-22-9-4-5-12-27(22)59-42(23)24/h1-18,50-57H. The molecule has 0 bridgehead atoms. The molecule has 0 radical (unpaired) electrons. The average molecular weight is 783 g/mol. The van der Waals surface area contributed by atoms with E-state index in [0.717, 1.165) is 26.5 Å². The minimum atomic E-state index is -1.12. The number of rotatable bonds is 4. The van der Waals surface area contributed by atoms with Crippen LogP contribution in [0.2, 0.25) is 0 Å². The van der Waals surface area contributed by atoms with Crippen molar-refractivity contribution in [3.8, 4) is 85.8 Å². The molecule has 0 spiro atoms. The maximum atomic E-state index is 11.2. The zero-order chi connectivity index (χ0) is 40.4. The quantitative estimate of drug-likeness (QED) is 0.0615. The number of fused-ring (bicyclic) bond motifs is 9. The summed E-state index contributed by atoms with van der Waals surface area (Å²) >= 11 is 0. The smallest absolute Gasteiger partial charge is 0.206 e. The lowest BCUT2D eigenvalue weighted by Crippen LogP contribution is -2.00. The molecule has 0 unspecified atom stereocenters. The Hall–Kier alpha value is -8.65. The molecule has 286 valence electrons. The zero-order valence-electron chi connectivity index (χ0n) is 30.1. The minimum absolute atomic E-state index is 0.179. The maximum Gasteiger partial charge on any atom is 0.206 e. The van der Waals surface area contributed by atoms with E-state index in [9.17, 15) is 40.9 Å². The van der Waals surface area contributed by atoms with Crippen LogP contribution in [0.4, 0.5) is 0 Å². The molecule has 0 saturated carbocycles. The Morgan fingerprint density at radius 1 is 0.390 bits per heavy atom. The molecule has 0 saturated heterocycles. The second-order valence-corrected chi connectivity index (χ2v) is 14.0. The van der Waals surface area contributed by atoms with Crippen molar-refractivity contribution in [1.82, 2.24) is 19.5 Å². The number of benzene rings is 7. The molecule has 11 aromatic rings. The first-order valence-electron chi connectivity index (χ1n) is 18.1. The van der Waals surface area contributed by atoms with Gasteiger partial charge in [0.25, 0.3) is 0 Å². The van der Waals surface area contributed by atoms with Crippen molar-refractivity contribution in [3.05, 3.63) is 109 Å². The first-order chi connectivity index (χ1) is 28.6. The predicted octanol–water partition coefficient (Wildman–Crippen LogP) is 9.41. The highest BCUT2D eigenvalue weighted by Crippen LogP contribution is 2.59. The van der Waals surface area contributed by atoms with E-state index in [1.807, 2.05) is 84.9 Å². The molecule has 0 aliphatic rings. The highest BCUT2D eigenvalue weighted by atomic mass is 16.4. The van der Waals surface area contributed by atoms with Crippen molar-refractivity contribution in [1.29, 1.82) is 0 Å². The summed E-state index contributed by atoms with van der Waals surface area (Å²) in [5, 5.41) is 88.5. The SMILES string of the molecule is Oc1c(O)c(O)c2c(c1O)c1c(O)c(O)c(O)c(O)c1n2-c1ccc2oc3ccc(-c4nc(-c5ccccc5)nc(-c5cccc6c5oc5ccccc56)n4)cc3c2c1. The van der Waals surface area contributed by atoms with Gasteiger partial charge in [0.15, 0.2) is 40.5 Å². The third kappa shape index (κ3) is 4.64. The van der Waals surface area contributed by atoms with E-state index in [4.69, 9.17) is 23.8 Å². The Labute approximate surface area is 329 Å². The van der Waals surface area contributed by atoms with Gasteiger partial charge in [0, 0.05) is 38.4 Å². The second-order valence-electron chi connectivity index (χ2n) is 14.0. The van der Waals surface area contributed by atoms with Crippen LogP contribution in [0.15, 0.2) is 118 Å². The molecule has 14 nitrogen and oxygen atoms in total.